The Morgan fingerprint density at radius 2 is 1.15 bits per heavy atom. The van der Waals surface area contributed by atoms with Crippen molar-refractivity contribution in [3.63, 3.8) is 0 Å². The van der Waals surface area contributed by atoms with Gasteiger partial charge in [-0.1, -0.05) is 221 Å². The van der Waals surface area contributed by atoms with Crippen molar-refractivity contribution in [1.82, 2.24) is 18.7 Å². The van der Waals surface area contributed by atoms with Crippen LogP contribution in [0.1, 0.15) is 103 Å². The molecule has 4 aromatic heterocycles. The number of pyridine rings is 1. The molecular formula is C74H67N5O. The van der Waals surface area contributed by atoms with Crippen molar-refractivity contribution in [2.24, 2.45) is 5.41 Å². The second-order valence-electron chi connectivity index (χ2n) is 24.2. The zero-order valence-electron chi connectivity index (χ0n) is 54.9. The van der Waals surface area contributed by atoms with Crippen LogP contribution in [0.15, 0.2) is 218 Å². The Bertz CT molecular complexity index is 4910. The van der Waals surface area contributed by atoms with Gasteiger partial charge in [0.15, 0.2) is 0 Å². The van der Waals surface area contributed by atoms with Crippen LogP contribution in [0.3, 0.4) is 0 Å². The summed E-state index contributed by atoms with van der Waals surface area (Å²) in [4.78, 5) is 5.02. The van der Waals surface area contributed by atoms with Gasteiger partial charge in [0.05, 0.1) is 61.1 Å². The summed E-state index contributed by atoms with van der Waals surface area (Å²) in [5, 5.41) is 1.37. The Hall–Kier alpha value is -9.00. The molecule has 0 aliphatic carbocycles. The molecule has 6 heteroatoms. The fourth-order valence-corrected chi connectivity index (χ4v) is 11.3. The van der Waals surface area contributed by atoms with Crippen molar-refractivity contribution in [2.45, 2.75) is 86.0 Å². The second kappa shape index (κ2) is 19.1. The highest BCUT2D eigenvalue weighted by molar-refractivity contribution is 6.16. The van der Waals surface area contributed by atoms with Crippen LogP contribution in [0.2, 0.25) is 0 Å². The molecule has 0 saturated carbocycles. The molecule has 0 aliphatic heterocycles. The minimum Gasteiger partial charge on any atom is -0.458 e. The minimum atomic E-state index is -0.516. The summed E-state index contributed by atoms with van der Waals surface area (Å²) in [7, 11) is 0. The summed E-state index contributed by atoms with van der Waals surface area (Å²) in [6.07, 6.45) is 5.67. The maximum Gasteiger partial charge on any atom is 0.269 e. The van der Waals surface area contributed by atoms with E-state index in [1.54, 1.807) is 10.6 Å². The zero-order chi connectivity index (χ0) is 62.2. The van der Waals surface area contributed by atoms with E-state index in [2.05, 4.69) is 174 Å². The van der Waals surface area contributed by atoms with Gasteiger partial charge in [0.1, 0.15) is 17.3 Å². The largest absolute Gasteiger partial charge is 0.458 e. The lowest BCUT2D eigenvalue weighted by Gasteiger charge is -2.27. The lowest BCUT2D eigenvalue weighted by atomic mass is 9.78. The molecule has 4 heterocycles. The van der Waals surface area contributed by atoms with Gasteiger partial charge in [-0.3, -0.25) is 13.7 Å². The van der Waals surface area contributed by atoms with Crippen LogP contribution >= 0.6 is 0 Å². The molecule has 0 amide bonds. The molecule has 6 nitrogen and oxygen atoms in total. The minimum absolute atomic E-state index is 0.00118. The topological polar surface area (TPSA) is 40.8 Å². The predicted molar refractivity (Wildman–Crippen MR) is 333 cm³/mol. The Morgan fingerprint density at radius 3 is 1.84 bits per heavy atom. The van der Waals surface area contributed by atoms with Gasteiger partial charge in [0, 0.05) is 39.9 Å². The molecule has 0 fully saturated rings. The van der Waals surface area contributed by atoms with Gasteiger partial charge in [0.25, 0.3) is 6.33 Å². The second-order valence-corrected chi connectivity index (χ2v) is 24.2. The van der Waals surface area contributed by atoms with Crippen LogP contribution in [-0.4, -0.2) is 18.7 Å². The molecule has 1 atom stereocenters. The first-order valence-corrected chi connectivity index (χ1v) is 27.4. The van der Waals surface area contributed by atoms with Gasteiger partial charge in [-0.25, -0.2) is 4.98 Å². The predicted octanol–water partition coefficient (Wildman–Crippen LogP) is 19.2. The number of imidazole rings is 1. The molecule has 0 N–H and O–H groups in total. The molecule has 13 rings (SSSR count). The van der Waals surface area contributed by atoms with E-state index in [1.165, 1.54) is 11.1 Å². The van der Waals surface area contributed by atoms with Crippen molar-refractivity contribution < 1.29 is 20.3 Å². The number of aromatic nitrogens is 5. The highest BCUT2D eigenvalue weighted by Crippen LogP contribution is 2.45. The number of benzene rings is 9. The molecule has 1 unspecified atom stereocenters. The third kappa shape index (κ3) is 8.75. The first kappa shape index (κ1) is 42.0. The van der Waals surface area contributed by atoms with Crippen molar-refractivity contribution in [1.29, 1.82) is 0 Å². The summed E-state index contributed by atoms with van der Waals surface area (Å²) >= 11 is 0. The fraction of sp³-hybridized carbons (Fsp3) is 0.189. The number of fused-ring (bicyclic) bond motifs is 7. The molecule has 13 aromatic rings. The van der Waals surface area contributed by atoms with Crippen molar-refractivity contribution >= 4 is 54.6 Å². The van der Waals surface area contributed by atoms with E-state index in [0.29, 0.717) is 33.9 Å². The number of ether oxygens (including phenoxy) is 1. The average molecular weight is 1050 g/mol. The number of para-hydroxylation sites is 6. The van der Waals surface area contributed by atoms with E-state index < -0.39 is 48.3 Å². The van der Waals surface area contributed by atoms with E-state index in [1.807, 2.05) is 79.0 Å². The van der Waals surface area contributed by atoms with Crippen LogP contribution in [-0.2, 0) is 10.8 Å². The molecule has 0 spiro atoms. The molecule has 0 radical (unpaired) electrons. The summed E-state index contributed by atoms with van der Waals surface area (Å²) in [5.74, 6) is 1.58. The number of hydrogen-bond donors (Lipinski definition) is 0. The lowest BCUT2D eigenvalue weighted by Crippen LogP contribution is -2.31. The monoisotopic (exact) mass is 1050 g/mol. The number of hydrogen-bond acceptors (Lipinski definition) is 2. The van der Waals surface area contributed by atoms with E-state index in [-0.39, 0.29) is 44.0 Å². The SMILES string of the molecule is [2H]c1c([2H])c([2H])c2c(c1[2H])c1c([2H])c([2H])c([2H])c([2H])c1n2-c1cc(Oc2cccc(-n3[c-][n+](-c4c(-c5ccccc5)cccc4-c4cc(C(C)(C)C)cc(C(C)(C)C)c4)c4ccccc43)c2)cc2c1c1ccccc1n2-c1cc(C(C)C(C)(C)C)ccn1. The third-order valence-electron chi connectivity index (χ3n) is 16.0. The van der Waals surface area contributed by atoms with Gasteiger partial charge in [-0.15, -0.1) is 0 Å². The highest BCUT2D eigenvalue weighted by atomic mass is 16.5. The van der Waals surface area contributed by atoms with Crippen LogP contribution in [0, 0.1) is 11.7 Å². The highest BCUT2D eigenvalue weighted by Gasteiger charge is 2.27. The Labute approximate surface area is 481 Å². The van der Waals surface area contributed by atoms with E-state index in [9.17, 15) is 5.48 Å². The standard InChI is InChI=1S/C74H67N5O/c1-48(72(2,3)4)50-38-39-75-69(42-50)79-64-35-19-16-30-61(64)70-67(78-62-33-17-14-28-59(62)60-29-15-18-34-63(60)78)45-56(46-68(70)79)80-55-27-22-26-54(44-55)76-47-77(66-37-21-20-36-65(66)76)71-57(49-24-12-11-13-25-49)31-23-32-58(71)51-40-52(73(5,6)7)43-53(41-51)74(8,9)10/h11-46,48H,1-10H3/i14D,15D,17D,18D,28D,29D,33D,34D. The average Bonchev–Trinajstić information content (AvgIpc) is 1.54. The first-order chi connectivity index (χ1) is 41.8. The zero-order valence-corrected chi connectivity index (χ0v) is 46.9. The molecule has 394 valence electrons. The Kier molecular flexibility index (Phi) is 10.0. The van der Waals surface area contributed by atoms with E-state index in [4.69, 9.17) is 15.2 Å². The van der Waals surface area contributed by atoms with Gasteiger partial charge in [-0.05, 0) is 110 Å². The van der Waals surface area contributed by atoms with Crippen LogP contribution in [0.25, 0.3) is 99.8 Å². The summed E-state index contributed by atoms with van der Waals surface area (Å²) in [6, 6.07) is 52.2. The first-order valence-electron chi connectivity index (χ1n) is 31.4. The van der Waals surface area contributed by atoms with Gasteiger partial charge in [-0.2, -0.15) is 0 Å². The maximum absolute atomic E-state index is 9.57. The lowest BCUT2D eigenvalue weighted by molar-refractivity contribution is -0.571. The normalized spacial score (nSPS) is 14.2. The molecule has 0 bridgehead atoms. The van der Waals surface area contributed by atoms with Gasteiger partial charge < -0.3 is 9.30 Å². The van der Waals surface area contributed by atoms with Gasteiger partial charge >= 0.3 is 0 Å². The summed E-state index contributed by atoms with van der Waals surface area (Å²) in [5.41, 5.74) is 12.9. The summed E-state index contributed by atoms with van der Waals surface area (Å²) in [6.45, 7) is 22.4. The van der Waals surface area contributed by atoms with Crippen LogP contribution in [0.4, 0.5) is 0 Å². The van der Waals surface area contributed by atoms with E-state index >= 15 is 0 Å². The van der Waals surface area contributed by atoms with Crippen molar-refractivity contribution in [2.75, 3.05) is 0 Å². The van der Waals surface area contributed by atoms with Crippen molar-refractivity contribution in [3.05, 3.63) is 241 Å². The van der Waals surface area contributed by atoms with Gasteiger partial charge in [0.2, 0.25) is 0 Å². The summed E-state index contributed by atoms with van der Waals surface area (Å²) < 4.78 is 88.5. The van der Waals surface area contributed by atoms with Crippen LogP contribution < -0.4 is 9.30 Å². The molecule has 0 saturated heterocycles. The Morgan fingerprint density at radius 1 is 0.525 bits per heavy atom. The Balaban J connectivity index is 1.06. The third-order valence-corrected chi connectivity index (χ3v) is 16.0. The van der Waals surface area contributed by atoms with Crippen molar-refractivity contribution in [3.8, 4) is 56.6 Å². The number of nitrogens with zero attached hydrogens (tertiary/aromatic N) is 5. The molecule has 9 aromatic carbocycles. The molecular weight excluding hydrogens is 975 g/mol. The number of rotatable bonds is 9. The smallest absolute Gasteiger partial charge is 0.269 e. The molecule has 0 aliphatic rings. The maximum atomic E-state index is 9.57. The molecule has 80 heavy (non-hydrogen) atoms. The van der Waals surface area contributed by atoms with E-state index in [0.717, 1.165) is 61.1 Å². The van der Waals surface area contributed by atoms with Crippen LogP contribution in [0.5, 0.6) is 11.5 Å². The fourth-order valence-electron chi connectivity index (χ4n) is 11.3. The quantitative estimate of drug-likeness (QED) is 0.107.